The molecule has 3 rings (SSSR count). The molecule has 2 aromatic rings. The van der Waals surface area contributed by atoms with Crippen molar-refractivity contribution in [2.75, 3.05) is 29.5 Å². The van der Waals surface area contributed by atoms with E-state index >= 15 is 0 Å². The van der Waals surface area contributed by atoms with E-state index in [4.69, 9.17) is 4.74 Å². The summed E-state index contributed by atoms with van der Waals surface area (Å²) in [7, 11) is 0. The van der Waals surface area contributed by atoms with Crippen LogP contribution in [0.2, 0.25) is 0 Å². The fraction of sp³-hybridized carbons (Fsp3) is 0.300. The normalized spacial score (nSPS) is 17.0. The predicted molar refractivity (Wildman–Crippen MR) is 97.9 cm³/mol. The number of anilines is 2. The van der Waals surface area contributed by atoms with Gasteiger partial charge in [0.05, 0.1) is 23.9 Å². The Balaban J connectivity index is 1.71. The monoisotopic (exact) mass is 338 g/mol. The second-order valence-corrected chi connectivity index (χ2v) is 6.15. The summed E-state index contributed by atoms with van der Waals surface area (Å²) < 4.78 is 5.72. The molecule has 1 heterocycles. The zero-order chi connectivity index (χ0) is 17.6. The Morgan fingerprint density at radius 2 is 1.76 bits per heavy atom. The molecule has 0 radical (unpaired) electrons. The highest BCUT2D eigenvalue weighted by atomic mass is 16.5. The van der Waals surface area contributed by atoms with Crippen molar-refractivity contribution in [2.24, 2.45) is 5.92 Å². The molecule has 0 saturated heterocycles. The molecule has 130 valence electrons. The second kappa shape index (κ2) is 7.83. The third-order valence-corrected chi connectivity index (χ3v) is 4.31. The van der Waals surface area contributed by atoms with E-state index in [1.807, 2.05) is 61.5 Å². The fourth-order valence-corrected chi connectivity index (χ4v) is 3.05. The fourth-order valence-electron chi connectivity index (χ4n) is 3.05. The summed E-state index contributed by atoms with van der Waals surface area (Å²) in [5.41, 5.74) is 1.56. The number of hydrogen-bond acceptors (Lipinski definition) is 3. The van der Waals surface area contributed by atoms with Gasteiger partial charge in [0.1, 0.15) is 5.75 Å². The minimum Gasteiger partial charge on any atom is -0.494 e. The van der Waals surface area contributed by atoms with Crippen molar-refractivity contribution < 1.29 is 14.3 Å². The lowest BCUT2D eigenvalue weighted by molar-refractivity contribution is -0.121. The largest absolute Gasteiger partial charge is 0.494 e. The number of carbonyl (C=O) groups is 2. The highest BCUT2D eigenvalue weighted by molar-refractivity contribution is 6.02. The number of benzene rings is 2. The molecular weight excluding hydrogens is 316 g/mol. The number of para-hydroxylation sites is 3. The molecule has 0 fully saturated rings. The summed E-state index contributed by atoms with van der Waals surface area (Å²) in [5.74, 6) is 0.620. The first-order valence-corrected chi connectivity index (χ1v) is 8.51. The summed E-state index contributed by atoms with van der Waals surface area (Å²) in [5, 5.41) is 0. The standard InChI is InChI=1S/C20H22N2O3/c1-16-14-21(15-23)18-10-5-6-11-19(18)22(20(16)24)12-7-13-25-17-8-3-2-4-9-17/h2-6,8-11,15-16H,7,12-14H2,1H3. The van der Waals surface area contributed by atoms with Crippen molar-refractivity contribution in [2.45, 2.75) is 13.3 Å². The van der Waals surface area contributed by atoms with Crippen molar-refractivity contribution >= 4 is 23.7 Å². The lowest BCUT2D eigenvalue weighted by Crippen LogP contribution is -2.37. The molecule has 0 bridgehead atoms. The third kappa shape index (κ3) is 3.82. The molecule has 1 aliphatic rings. The number of amides is 2. The Hall–Kier alpha value is -2.82. The van der Waals surface area contributed by atoms with Crippen LogP contribution in [0, 0.1) is 5.92 Å². The van der Waals surface area contributed by atoms with Crippen LogP contribution in [-0.2, 0) is 9.59 Å². The maximum absolute atomic E-state index is 12.8. The molecule has 1 unspecified atom stereocenters. The van der Waals surface area contributed by atoms with Crippen LogP contribution in [0.15, 0.2) is 54.6 Å². The molecule has 0 saturated carbocycles. The van der Waals surface area contributed by atoms with Gasteiger partial charge in [-0.05, 0) is 30.7 Å². The minimum absolute atomic E-state index is 0.0384. The van der Waals surface area contributed by atoms with Gasteiger partial charge in [0.25, 0.3) is 0 Å². The van der Waals surface area contributed by atoms with Crippen molar-refractivity contribution in [3.63, 3.8) is 0 Å². The van der Waals surface area contributed by atoms with Gasteiger partial charge in [-0.1, -0.05) is 37.3 Å². The van der Waals surface area contributed by atoms with E-state index in [9.17, 15) is 9.59 Å². The summed E-state index contributed by atoms with van der Waals surface area (Å²) in [6.07, 6.45) is 1.51. The van der Waals surface area contributed by atoms with Gasteiger partial charge in [0.2, 0.25) is 12.3 Å². The van der Waals surface area contributed by atoms with E-state index in [-0.39, 0.29) is 11.8 Å². The van der Waals surface area contributed by atoms with Gasteiger partial charge in [-0.2, -0.15) is 0 Å². The molecule has 5 heteroatoms. The first-order valence-electron chi connectivity index (χ1n) is 8.51. The Labute approximate surface area is 147 Å². The molecule has 0 N–H and O–H groups in total. The SMILES string of the molecule is CC1CN(C=O)c2ccccc2N(CCCOc2ccccc2)C1=O. The van der Waals surface area contributed by atoms with E-state index in [2.05, 4.69) is 0 Å². The van der Waals surface area contributed by atoms with Gasteiger partial charge in [-0.25, -0.2) is 0 Å². The molecule has 5 nitrogen and oxygen atoms in total. The summed E-state index contributed by atoms with van der Waals surface area (Å²) in [6.45, 7) is 3.34. The third-order valence-electron chi connectivity index (χ3n) is 4.31. The minimum atomic E-state index is -0.243. The number of nitrogens with zero attached hydrogens (tertiary/aromatic N) is 2. The van der Waals surface area contributed by atoms with Gasteiger partial charge >= 0.3 is 0 Å². The van der Waals surface area contributed by atoms with Gasteiger partial charge in [0.15, 0.2) is 0 Å². The Morgan fingerprint density at radius 3 is 2.48 bits per heavy atom. The van der Waals surface area contributed by atoms with Gasteiger partial charge in [-0.15, -0.1) is 0 Å². The van der Waals surface area contributed by atoms with Crippen LogP contribution in [-0.4, -0.2) is 32.0 Å². The Kier molecular flexibility index (Phi) is 5.33. The first kappa shape index (κ1) is 17.0. The molecule has 0 aliphatic carbocycles. The smallest absolute Gasteiger partial charge is 0.231 e. The average molecular weight is 338 g/mol. The van der Waals surface area contributed by atoms with Crippen LogP contribution in [0.4, 0.5) is 11.4 Å². The lowest BCUT2D eigenvalue weighted by atomic mass is 10.1. The van der Waals surface area contributed by atoms with E-state index in [0.717, 1.165) is 23.5 Å². The molecule has 0 aromatic heterocycles. The molecule has 1 aliphatic heterocycles. The maximum Gasteiger partial charge on any atom is 0.231 e. The summed E-state index contributed by atoms with van der Waals surface area (Å²) in [4.78, 5) is 27.6. The van der Waals surface area contributed by atoms with Gasteiger partial charge in [0, 0.05) is 13.1 Å². The van der Waals surface area contributed by atoms with Crippen molar-refractivity contribution in [3.05, 3.63) is 54.6 Å². The van der Waals surface area contributed by atoms with Crippen LogP contribution < -0.4 is 14.5 Å². The first-order chi connectivity index (χ1) is 12.2. The summed E-state index contributed by atoms with van der Waals surface area (Å²) >= 11 is 0. The topological polar surface area (TPSA) is 49.9 Å². The van der Waals surface area contributed by atoms with E-state index in [1.165, 1.54) is 0 Å². The van der Waals surface area contributed by atoms with Gasteiger partial charge < -0.3 is 14.5 Å². The van der Waals surface area contributed by atoms with Crippen LogP contribution in [0.5, 0.6) is 5.75 Å². The maximum atomic E-state index is 12.8. The van der Waals surface area contributed by atoms with Crippen molar-refractivity contribution in [1.82, 2.24) is 0 Å². The number of fused-ring (bicyclic) bond motifs is 1. The second-order valence-electron chi connectivity index (χ2n) is 6.15. The zero-order valence-electron chi connectivity index (χ0n) is 14.3. The molecule has 2 amide bonds. The number of rotatable bonds is 6. The van der Waals surface area contributed by atoms with Gasteiger partial charge in [-0.3, -0.25) is 9.59 Å². The van der Waals surface area contributed by atoms with Crippen LogP contribution in [0.3, 0.4) is 0 Å². The molecule has 25 heavy (non-hydrogen) atoms. The quantitative estimate of drug-likeness (QED) is 0.601. The highest BCUT2D eigenvalue weighted by Crippen LogP contribution is 2.33. The Bertz CT molecular complexity index is 733. The number of carbonyl (C=O) groups excluding carboxylic acids is 2. The van der Waals surface area contributed by atoms with Crippen LogP contribution >= 0.6 is 0 Å². The number of hydrogen-bond donors (Lipinski definition) is 0. The van der Waals surface area contributed by atoms with Crippen LogP contribution in [0.25, 0.3) is 0 Å². The summed E-state index contributed by atoms with van der Waals surface area (Å²) in [6, 6.07) is 17.2. The zero-order valence-corrected chi connectivity index (χ0v) is 14.3. The molecule has 2 aromatic carbocycles. The van der Waals surface area contributed by atoms with E-state index in [0.29, 0.717) is 26.1 Å². The van der Waals surface area contributed by atoms with Crippen LogP contribution in [0.1, 0.15) is 13.3 Å². The Morgan fingerprint density at radius 1 is 1.08 bits per heavy atom. The highest BCUT2D eigenvalue weighted by Gasteiger charge is 2.30. The molecule has 0 spiro atoms. The van der Waals surface area contributed by atoms with E-state index in [1.54, 1.807) is 9.80 Å². The predicted octanol–water partition coefficient (Wildman–Crippen LogP) is 3.10. The van der Waals surface area contributed by atoms with E-state index < -0.39 is 0 Å². The van der Waals surface area contributed by atoms with Crippen molar-refractivity contribution in [1.29, 1.82) is 0 Å². The van der Waals surface area contributed by atoms with Crippen molar-refractivity contribution in [3.8, 4) is 5.75 Å². The average Bonchev–Trinajstić information content (AvgIpc) is 2.75. The lowest BCUT2D eigenvalue weighted by Gasteiger charge is -2.24. The molecule has 1 atom stereocenters. The molecular formula is C20H22N2O3. The number of ether oxygens (including phenoxy) is 1.